The van der Waals surface area contributed by atoms with Crippen molar-refractivity contribution in [1.82, 2.24) is 10.3 Å². The van der Waals surface area contributed by atoms with E-state index in [0.29, 0.717) is 0 Å². The second-order valence-corrected chi connectivity index (χ2v) is 5.24. The maximum absolute atomic E-state index is 5.44. The maximum atomic E-state index is 5.44. The van der Waals surface area contributed by atoms with E-state index in [1.54, 1.807) is 11.3 Å². The van der Waals surface area contributed by atoms with Gasteiger partial charge in [-0.3, -0.25) is 0 Å². The highest BCUT2D eigenvalue weighted by Crippen LogP contribution is 2.21. The van der Waals surface area contributed by atoms with Crippen LogP contribution in [0.1, 0.15) is 25.1 Å². The van der Waals surface area contributed by atoms with Gasteiger partial charge in [0.1, 0.15) is 0 Å². The van der Waals surface area contributed by atoms with E-state index in [1.807, 2.05) is 12.3 Å². The minimum absolute atomic E-state index is 0.746. The van der Waals surface area contributed by atoms with Gasteiger partial charge >= 0.3 is 0 Å². The fourth-order valence-electron chi connectivity index (χ4n) is 1.64. The van der Waals surface area contributed by atoms with Gasteiger partial charge in [0.25, 0.3) is 0 Å². The highest BCUT2D eigenvalue weighted by Gasteiger charge is 2.07. The van der Waals surface area contributed by atoms with Gasteiger partial charge in [-0.25, -0.2) is 4.98 Å². The van der Waals surface area contributed by atoms with E-state index in [2.05, 4.69) is 35.6 Å². The van der Waals surface area contributed by atoms with Gasteiger partial charge < -0.3 is 15.0 Å². The molecule has 19 heavy (non-hydrogen) atoms. The zero-order valence-electron chi connectivity index (χ0n) is 12.0. The van der Waals surface area contributed by atoms with E-state index in [9.17, 15) is 0 Å². The third-order valence-electron chi connectivity index (χ3n) is 2.76. The molecule has 0 atom stereocenters. The van der Waals surface area contributed by atoms with Crippen LogP contribution in [0.5, 0.6) is 0 Å². The fraction of sp³-hybridized carbons (Fsp3) is 0.643. The fourth-order valence-corrected chi connectivity index (χ4v) is 2.65. The zero-order valence-corrected chi connectivity index (χ0v) is 12.8. The Morgan fingerprint density at radius 3 is 2.89 bits per heavy atom. The van der Waals surface area contributed by atoms with Gasteiger partial charge in [0, 0.05) is 37.3 Å². The van der Waals surface area contributed by atoms with Gasteiger partial charge in [0.2, 0.25) is 0 Å². The number of hydrogen-bond donors (Lipinski definition) is 1. The summed E-state index contributed by atoms with van der Waals surface area (Å²) in [4.78, 5) is 8.00. The summed E-state index contributed by atoms with van der Waals surface area (Å²) >= 11 is 1.76. The highest BCUT2D eigenvalue weighted by molar-refractivity contribution is 7.15. The molecule has 0 saturated heterocycles. The molecule has 0 unspecified atom stereocenters. The smallest absolute Gasteiger partial charge is 0.185 e. The van der Waals surface area contributed by atoms with Crippen molar-refractivity contribution in [2.45, 2.75) is 26.8 Å². The number of thiazole rings is 1. The van der Waals surface area contributed by atoms with Crippen LogP contribution >= 0.6 is 11.3 Å². The minimum atomic E-state index is 0.746. The summed E-state index contributed by atoms with van der Waals surface area (Å²) in [5, 5.41) is 4.48. The molecule has 1 aromatic heterocycles. The SMILES string of the molecule is C=CCCOCCNCc1cnc(N(CC)CC)s1. The molecule has 0 radical (unpaired) electrons. The Bertz CT molecular complexity index is 350. The van der Waals surface area contributed by atoms with Crippen molar-refractivity contribution in [3.63, 3.8) is 0 Å². The van der Waals surface area contributed by atoms with Crippen molar-refractivity contribution in [2.24, 2.45) is 0 Å². The molecular weight excluding hydrogens is 258 g/mol. The van der Waals surface area contributed by atoms with Gasteiger partial charge in [0.15, 0.2) is 5.13 Å². The van der Waals surface area contributed by atoms with Gasteiger partial charge in [-0.15, -0.1) is 17.9 Å². The van der Waals surface area contributed by atoms with E-state index >= 15 is 0 Å². The Labute approximate surface area is 120 Å². The number of anilines is 1. The average molecular weight is 283 g/mol. The lowest BCUT2D eigenvalue weighted by Crippen LogP contribution is -2.21. The minimum Gasteiger partial charge on any atom is -0.380 e. The zero-order chi connectivity index (χ0) is 13.9. The van der Waals surface area contributed by atoms with Crippen LogP contribution in [-0.2, 0) is 11.3 Å². The second kappa shape index (κ2) is 9.95. The van der Waals surface area contributed by atoms with E-state index in [-0.39, 0.29) is 0 Å². The molecule has 4 nitrogen and oxygen atoms in total. The lowest BCUT2D eigenvalue weighted by Gasteiger charge is -2.16. The molecule has 108 valence electrons. The summed E-state index contributed by atoms with van der Waals surface area (Å²) in [6, 6.07) is 0. The predicted octanol–water partition coefficient (Wildman–Crippen LogP) is 2.67. The molecule has 1 N–H and O–H groups in total. The van der Waals surface area contributed by atoms with Crippen molar-refractivity contribution in [3.8, 4) is 0 Å². The van der Waals surface area contributed by atoms with Crippen LogP contribution in [0.2, 0.25) is 0 Å². The van der Waals surface area contributed by atoms with Gasteiger partial charge in [-0.05, 0) is 20.3 Å². The van der Waals surface area contributed by atoms with Crippen LogP contribution in [0.15, 0.2) is 18.9 Å². The first-order chi connectivity index (χ1) is 9.31. The predicted molar refractivity (Wildman–Crippen MR) is 83.0 cm³/mol. The molecule has 1 rings (SSSR count). The lowest BCUT2D eigenvalue weighted by molar-refractivity contribution is 0.140. The van der Waals surface area contributed by atoms with Crippen LogP contribution in [0.25, 0.3) is 0 Å². The molecular formula is C14H25N3OS. The number of ether oxygens (including phenoxy) is 1. The van der Waals surface area contributed by atoms with Gasteiger partial charge in [-0.2, -0.15) is 0 Å². The molecule has 1 heterocycles. The van der Waals surface area contributed by atoms with E-state index in [0.717, 1.165) is 50.9 Å². The highest BCUT2D eigenvalue weighted by atomic mass is 32.1. The first-order valence-corrected chi connectivity index (χ1v) is 7.72. The van der Waals surface area contributed by atoms with Crippen LogP contribution in [0, 0.1) is 0 Å². The number of aromatic nitrogens is 1. The Kier molecular flexibility index (Phi) is 8.45. The van der Waals surface area contributed by atoms with Crippen molar-refractivity contribution in [2.75, 3.05) is 37.7 Å². The Hall–Kier alpha value is -0.910. The van der Waals surface area contributed by atoms with Crippen LogP contribution in [0.3, 0.4) is 0 Å². The molecule has 0 spiro atoms. The molecule has 0 aliphatic heterocycles. The summed E-state index contributed by atoms with van der Waals surface area (Å²) in [6.07, 6.45) is 4.76. The van der Waals surface area contributed by atoms with Gasteiger partial charge in [0.05, 0.1) is 13.2 Å². The summed E-state index contributed by atoms with van der Waals surface area (Å²) in [5.41, 5.74) is 0. The summed E-state index contributed by atoms with van der Waals surface area (Å²) in [6.45, 7) is 13.2. The van der Waals surface area contributed by atoms with Crippen molar-refractivity contribution < 1.29 is 4.74 Å². The van der Waals surface area contributed by atoms with Crippen LogP contribution in [0.4, 0.5) is 5.13 Å². The summed E-state index contributed by atoms with van der Waals surface area (Å²) in [7, 11) is 0. The lowest BCUT2D eigenvalue weighted by atomic mass is 10.4. The Morgan fingerprint density at radius 1 is 1.42 bits per heavy atom. The topological polar surface area (TPSA) is 37.4 Å². The van der Waals surface area contributed by atoms with E-state index < -0.39 is 0 Å². The summed E-state index contributed by atoms with van der Waals surface area (Å²) < 4.78 is 5.44. The molecule has 1 aromatic rings. The van der Waals surface area contributed by atoms with Crippen molar-refractivity contribution in [1.29, 1.82) is 0 Å². The number of nitrogens with zero attached hydrogens (tertiary/aromatic N) is 2. The molecule has 0 aliphatic carbocycles. The largest absolute Gasteiger partial charge is 0.380 e. The van der Waals surface area contributed by atoms with Crippen molar-refractivity contribution in [3.05, 3.63) is 23.7 Å². The van der Waals surface area contributed by atoms with Crippen LogP contribution < -0.4 is 10.2 Å². The first kappa shape index (κ1) is 16.1. The van der Waals surface area contributed by atoms with Crippen molar-refractivity contribution >= 4 is 16.5 Å². The van der Waals surface area contributed by atoms with E-state index in [4.69, 9.17) is 4.74 Å². The normalized spacial score (nSPS) is 10.6. The molecule has 0 aromatic carbocycles. The molecule has 0 aliphatic rings. The maximum Gasteiger partial charge on any atom is 0.185 e. The van der Waals surface area contributed by atoms with Crippen LogP contribution in [-0.4, -0.2) is 37.8 Å². The molecule has 5 heteroatoms. The number of rotatable bonds is 11. The number of hydrogen-bond acceptors (Lipinski definition) is 5. The summed E-state index contributed by atoms with van der Waals surface area (Å²) in [5.74, 6) is 0. The molecule has 0 saturated carbocycles. The standard InChI is InChI=1S/C14H25N3OS/c1-4-7-9-18-10-8-15-11-13-12-16-14(19-13)17(5-2)6-3/h4,12,15H,1,5-11H2,2-3H3. The van der Waals surface area contributed by atoms with Gasteiger partial charge in [-0.1, -0.05) is 6.08 Å². The molecule has 0 amide bonds. The first-order valence-electron chi connectivity index (χ1n) is 6.90. The quantitative estimate of drug-likeness (QED) is 0.500. The third kappa shape index (κ3) is 6.18. The molecule has 0 fully saturated rings. The molecule has 0 bridgehead atoms. The Balaban J connectivity index is 2.17. The number of nitrogens with one attached hydrogen (secondary N) is 1. The monoisotopic (exact) mass is 283 g/mol. The second-order valence-electron chi connectivity index (χ2n) is 4.15. The van der Waals surface area contributed by atoms with E-state index in [1.165, 1.54) is 4.88 Å². The Morgan fingerprint density at radius 2 is 2.21 bits per heavy atom. The third-order valence-corrected chi connectivity index (χ3v) is 3.82. The average Bonchev–Trinajstić information content (AvgIpc) is 2.88.